The van der Waals surface area contributed by atoms with Crippen LogP contribution in [0, 0.1) is 0 Å². The summed E-state index contributed by atoms with van der Waals surface area (Å²) in [5, 5.41) is 9.67. The minimum atomic E-state index is -1.28. The molecule has 0 saturated heterocycles. The van der Waals surface area contributed by atoms with E-state index in [0.717, 1.165) is 4.43 Å². The maximum Gasteiger partial charge on any atom is 0.339 e. The van der Waals surface area contributed by atoms with Crippen molar-refractivity contribution in [3.05, 3.63) is 40.4 Å². The molecule has 4 nitrogen and oxygen atoms in total. The minimum Gasteiger partial charge on any atom is -0.478 e. The third-order valence-corrected chi connectivity index (χ3v) is 3.54. The molecule has 0 radical (unpaired) electrons. The van der Waals surface area contributed by atoms with Crippen LogP contribution in [0.1, 0.15) is 18.9 Å². The molecule has 0 aromatic heterocycles. The van der Waals surface area contributed by atoms with Crippen molar-refractivity contribution in [3.63, 3.8) is 0 Å². The summed E-state index contributed by atoms with van der Waals surface area (Å²) in [6.07, 6.45) is 0.968. The number of hydrogen-bond acceptors (Lipinski definition) is 3. The lowest BCUT2D eigenvalue weighted by molar-refractivity contribution is -0.137. The molecule has 1 atom stereocenters. The highest BCUT2D eigenvalue weighted by Gasteiger charge is 2.26. The van der Waals surface area contributed by atoms with E-state index in [2.05, 4.69) is 22.6 Å². The Bertz CT molecular complexity index is 542. The number of halogens is 2. The predicted octanol–water partition coefficient (Wildman–Crippen LogP) is 3.61. The lowest BCUT2D eigenvalue weighted by atomic mass is 10.0. The van der Waals surface area contributed by atoms with E-state index in [9.17, 15) is 14.7 Å². The quantitative estimate of drug-likeness (QED) is 0.229. The van der Waals surface area contributed by atoms with Crippen molar-refractivity contribution in [2.45, 2.75) is 19.4 Å². The fourth-order valence-corrected chi connectivity index (χ4v) is 2.17. The first-order valence-corrected chi connectivity index (χ1v) is 8.32. The van der Waals surface area contributed by atoms with Crippen LogP contribution >= 0.6 is 34.2 Å². The molecular weight excluding hydrogens is 407 g/mol. The molecule has 1 unspecified atom stereocenters. The highest BCUT2D eigenvalue weighted by molar-refractivity contribution is 14.1. The van der Waals surface area contributed by atoms with Crippen LogP contribution in [0.2, 0.25) is 5.02 Å². The normalized spacial score (nSPS) is 13.0. The molecule has 1 aromatic rings. The second-order valence-electron chi connectivity index (χ2n) is 4.21. The number of carboxylic acids is 1. The molecule has 0 amide bonds. The van der Waals surface area contributed by atoms with Gasteiger partial charge in [-0.2, -0.15) is 0 Å². The number of carbonyl (C=O) groups excluding carboxylic acids is 1. The zero-order valence-electron chi connectivity index (χ0n) is 11.5. The van der Waals surface area contributed by atoms with E-state index in [1.807, 2.05) is 0 Å². The van der Waals surface area contributed by atoms with Gasteiger partial charge in [0.2, 0.25) is 0 Å². The first-order chi connectivity index (χ1) is 10.0. The molecule has 114 valence electrons. The Balaban J connectivity index is 3.09. The van der Waals surface area contributed by atoms with E-state index in [-0.39, 0.29) is 5.57 Å². The van der Waals surface area contributed by atoms with Gasteiger partial charge in [-0.05, 0) is 24.1 Å². The van der Waals surface area contributed by atoms with Crippen molar-refractivity contribution in [1.29, 1.82) is 0 Å². The zero-order chi connectivity index (χ0) is 15.8. The van der Waals surface area contributed by atoms with E-state index >= 15 is 0 Å². The maximum absolute atomic E-state index is 12.3. The van der Waals surface area contributed by atoms with Crippen LogP contribution in [-0.4, -0.2) is 34.0 Å². The fourth-order valence-electron chi connectivity index (χ4n) is 1.73. The van der Waals surface area contributed by atoms with Crippen LogP contribution in [0.15, 0.2) is 29.8 Å². The molecule has 1 N–H and O–H groups in total. The largest absolute Gasteiger partial charge is 0.478 e. The first kappa shape index (κ1) is 18.1. The van der Waals surface area contributed by atoms with Gasteiger partial charge in [-0.3, -0.25) is 4.79 Å². The maximum atomic E-state index is 12.3. The van der Waals surface area contributed by atoms with Gasteiger partial charge in [0.05, 0.1) is 6.61 Å². The predicted molar refractivity (Wildman–Crippen MR) is 91.0 cm³/mol. The van der Waals surface area contributed by atoms with Crippen LogP contribution in [0.25, 0.3) is 6.08 Å². The molecule has 0 saturated carbocycles. The second-order valence-corrected chi connectivity index (χ2v) is 5.69. The summed E-state index contributed by atoms with van der Waals surface area (Å²) in [4.78, 5) is 23.7. The molecule has 0 aliphatic heterocycles. The number of hydrogen-bond donors (Lipinski definition) is 1. The van der Waals surface area contributed by atoms with Crippen LogP contribution in [0.5, 0.6) is 0 Å². The summed E-state index contributed by atoms with van der Waals surface area (Å²) in [6.45, 7) is 2.19. The Morgan fingerprint density at radius 2 is 2.10 bits per heavy atom. The van der Waals surface area contributed by atoms with E-state index in [4.69, 9.17) is 16.3 Å². The van der Waals surface area contributed by atoms with Gasteiger partial charge < -0.3 is 9.84 Å². The standard InChI is InChI=1S/C15H16ClIO4/c1-2-13(21-8-7-17)14(18)11(15(19)20)9-10-5-3-4-6-12(10)16/h3-6,9,13H,2,7-8H2,1H3,(H,19,20). The van der Waals surface area contributed by atoms with Gasteiger partial charge in [0.15, 0.2) is 5.78 Å². The third-order valence-electron chi connectivity index (χ3n) is 2.76. The molecular formula is C15H16ClIO4. The third kappa shape index (κ3) is 5.41. The summed E-state index contributed by atoms with van der Waals surface area (Å²) in [6, 6.07) is 6.76. The number of ether oxygens (including phenoxy) is 1. The van der Waals surface area contributed by atoms with Crippen LogP contribution in [0.4, 0.5) is 0 Å². The lowest BCUT2D eigenvalue weighted by Crippen LogP contribution is -2.28. The van der Waals surface area contributed by atoms with Crippen molar-refractivity contribution in [1.82, 2.24) is 0 Å². The molecule has 0 spiro atoms. The summed E-state index contributed by atoms with van der Waals surface area (Å²) in [5.74, 6) is -1.81. The SMILES string of the molecule is CCC(OCCI)C(=O)C(=Cc1ccccc1Cl)C(=O)O. The Morgan fingerprint density at radius 3 is 2.62 bits per heavy atom. The molecule has 0 bridgehead atoms. The van der Waals surface area contributed by atoms with Crippen molar-refractivity contribution >= 4 is 52.0 Å². The van der Waals surface area contributed by atoms with Crippen molar-refractivity contribution in [3.8, 4) is 0 Å². The average Bonchev–Trinajstić information content (AvgIpc) is 2.46. The zero-order valence-corrected chi connectivity index (χ0v) is 14.4. The molecule has 0 aliphatic rings. The topological polar surface area (TPSA) is 63.6 Å². The fraction of sp³-hybridized carbons (Fsp3) is 0.333. The number of carboxylic acid groups (broad SMARTS) is 1. The van der Waals surface area contributed by atoms with E-state index in [1.54, 1.807) is 31.2 Å². The average molecular weight is 423 g/mol. The van der Waals surface area contributed by atoms with Crippen LogP contribution < -0.4 is 0 Å². The molecule has 0 aliphatic carbocycles. The number of rotatable bonds is 8. The van der Waals surface area contributed by atoms with Gasteiger partial charge in [0, 0.05) is 9.45 Å². The van der Waals surface area contributed by atoms with E-state index < -0.39 is 17.9 Å². The second kappa shape index (κ2) is 9.17. The summed E-state index contributed by atoms with van der Waals surface area (Å²) >= 11 is 8.12. The number of ketones is 1. The molecule has 1 rings (SSSR count). The van der Waals surface area contributed by atoms with E-state index in [0.29, 0.717) is 23.6 Å². The van der Waals surface area contributed by atoms with Gasteiger partial charge in [-0.25, -0.2) is 4.79 Å². The van der Waals surface area contributed by atoms with Crippen molar-refractivity contribution in [2.24, 2.45) is 0 Å². The lowest BCUT2D eigenvalue weighted by Gasteiger charge is -2.14. The van der Waals surface area contributed by atoms with Gasteiger partial charge in [0.25, 0.3) is 0 Å². The van der Waals surface area contributed by atoms with Gasteiger partial charge in [0.1, 0.15) is 11.7 Å². The van der Waals surface area contributed by atoms with Crippen molar-refractivity contribution < 1.29 is 19.4 Å². The van der Waals surface area contributed by atoms with Gasteiger partial charge in [-0.1, -0.05) is 59.3 Å². The van der Waals surface area contributed by atoms with Crippen molar-refractivity contribution in [2.75, 3.05) is 11.0 Å². The number of alkyl halides is 1. The summed E-state index contributed by atoms with van der Waals surface area (Å²) < 4.78 is 6.14. The Hall–Kier alpha value is -0.920. The monoisotopic (exact) mass is 422 g/mol. The number of carbonyl (C=O) groups is 2. The molecule has 0 fully saturated rings. The first-order valence-electron chi connectivity index (χ1n) is 6.42. The molecule has 21 heavy (non-hydrogen) atoms. The summed E-state index contributed by atoms with van der Waals surface area (Å²) in [7, 11) is 0. The van der Waals surface area contributed by atoms with Gasteiger partial charge in [-0.15, -0.1) is 0 Å². The number of aliphatic carboxylic acids is 1. The van der Waals surface area contributed by atoms with Crippen LogP contribution in [0.3, 0.4) is 0 Å². The Morgan fingerprint density at radius 1 is 1.43 bits per heavy atom. The minimum absolute atomic E-state index is 0.316. The Labute approximate surface area is 142 Å². The number of Topliss-reactive ketones (excluding diaryl/α,β-unsaturated/α-hetero) is 1. The van der Waals surface area contributed by atoms with Gasteiger partial charge >= 0.3 is 5.97 Å². The molecule has 6 heteroatoms. The summed E-state index contributed by atoms with van der Waals surface area (Å²) in [5.41, 5.74) is 0.178. The highest BCUT2D eigenvalue weighted by atomic mass is 127. The molecule has 1 aromatic carbocycles. The Kier molecular flexibility index (Phi) is 7.92. The number of benzene rings is 1. The molecule has 0 heterocycles. The highest BCUT2D eigenvalue weighted by Crippen LogP contribution is 2.20. The van der Waals surface area contributed by atoms with E-state index in [1.165, 1.54) is 6.08 Å². The smallest absolute Gasteiger partial charge is 0.339 e. The van der Waals surface area contributed by atoms with Crippen LogP contribution in [-0.2, 0) is 14.3 Å².